The van der Waals surface area contributed by atoms with E-state index in [1.54, 1.807) is 7.11 Å². The van der Waals surface area contributed by atoms with E-state index in [2.05, 4.69) is 27.6 Å². The maximum absolute atomic E-state index is 6.06. The van der Waals surface area contributed by atoms with Gasteiger partial charge in [0.05, 0.1) is 25.8 Å². The third-order valence-electron chi connectivity index (χ3n) is 5.38. The largest absolute Gasteiger partial charge is 0.377 e. The van der Waals surface area contributed by atoms with Crippen LogP contribution in [0, 0.1) is 0 Å². The van der Waals surface area contributed by atoms with Gasteiger partial charge in [0.25, 0.3) is 0 Å². The molecule has 0 radical (unpaired) electrons. The highest BCUT2D eigenvalue weighted by Crippen LogP contribution is 2.19. The van der Waals surface area contributed by atoms with Gasteiger partial charge < -0.3 is 20.1 Å². The second-order valence-corrected chi connectivity index (χ2v) is 7.68. The number of guanidine groups is 1. The van der Waals surface area contributed by atoms with E-state index >= 15 is 0 Å². The molecule has 0 spiro atoms. The number of fused-ring (bicyclic) bond motifs is 1. The summed E-state index contributed by atoms with van der Waals surface area (Å²) < 4.78 is 13.2. The lowest BCUT2D eigenvalue weighted by Gasteiger charge is -2.25. The second-order valence-electron chi connectivity index (χ2n) is 7.68. The van der Waals surface area contributed by atoms with Crippen LogP contribution in [0.25, 0.3) is 0 Å². The fourth-order valence-electron chi connectivity index (χ4n) is 3.97. The Labute approximate surface area is 168 Å². The molecular weight excluding hydrogens is 356 g/mol. The number of aromatic nitrogens is 3. The average molecular weight is 393 g/mol. The first-order valence-corrected chi connectivity index (χ1v) is 10.9. The number of ether oxygens (including phenoxy) is 2. The quantitative estimate of drug-likeness (QED) is 0.305. The van der Waals surface area contributed by atoms with Crippen molar-refractivity contribution < 1.29 is 9.47 Å². The van der Waals surface area contributed by atoms with Gasteiger partial charge in [-0.15, -0.1) is 0 Å². The van der Waals surface area contributed by atoms with Gasteiger partial charge in [-0.1, -0.05) is 25.7 Å². The van der Waals surface area contributed by atoms with Gasteiger partial charge in [-0.2, -0.15) is 5.10 Å². The van der Waals surface area contributed by atoms with Crippen molar-refractivity contribution in [2.45, 2.75) is 83.6 Å². The molecule has 0 bridgehead atoms. The molecule has 8 nitrogen and oxygen atoms in total. The molecular formula is C20H36N6O2. The van der Waals surface area contributed by atoms with Crippen LogP contribution in [-0.4, -0.2) is 59.7 Å². The third-order valence-corrected chi connectivity index (χ3v) is 5.38. The molecule has 8 heteroatoms. The molecule has 1 aromatic heterocycles. The molecule has 158 valence electrons. The van der Waals surface area contributed by atoms with E-state index < -0.39 is 0 Å². The van der Waals surface area contributed by atoms with E-state index in [4.69, 9.17) is 14.5 Å². The Kier molecular flexibility index (Phi) is 8.54. The van der Waals surface area contributed by atoms with Gasteiger partial charge >= 0.3 is 0 Å². The van der Waals surface area contributed by atoms with Crippen LogP contribution >= 0.6 is 0 Å². The van der Waals surface area contributed by atoms with Gasteiger partial charge in [-0.25, -0.2) is 9.67 Å². The van der Waals surface area contributed by atoms with E-state index in [-0.39, 0.29) is 0 Å². The summed E-state index contributed by atoms with van der Waals surface area (Å²) in [5.74, 6) is 2.66. The number of nitrogens with one attached hydrogen (secondary N) is 2. The topological polar surface area (TPSA) is 85.6 Å². The van der Waals surface area contributed by atoms with Crippen molar-refractivity contribution in [3.05, 3.63) is 11.6 Å². The minimum absolute atomic E-state index is 0.296. The smallest absolute Gasteiger partial charge is 0.191 e. The van der Waals surface area contributed by atoms with Gasteiger partial charge in [0, 0.05) is 26.1 Å². The van der Waals surface area contributed by atoms with Crippen LogP contribution in [0.2, 0.25) is 0 Å². The van der Waals surface area contributed by atoms with Crippen molar-refractivity contribution in [1.82, 2.24) is 25.4 Å². The van der Waals surface area contributed by atoms with Crippen LogP contribution in [0.15, 0.2) is 4.99 Å². The molecule has 1 aliphatic heterocycles. The highest BCUT2D eigenvalue weighted by atomic mass is 16.5. The Morgan fingerprint density at radius 3 is 2.79 bits per heavy atom. The fraction of sp³-hybridized carbons (Fsp3) is 0.850. The molecule has 3 rings (SSSR count). The summed E-state index contributed by atoms with van der Waals surface area (Å²) in [4.78, 5) is 9.25. The number of hydrogen-bond donors (Lipinski definition) is 2. The van der Waals surface area contributed by atoms with Gasteiger partial charge in [0.2, 0.25) is 0 Å². The summed E-state index contributed by atoms with van der Waals surface area (Å²) in [5.41, 5.74) is 0. The third kappa shape index (κ3) is 6.44. The number of aliphatic imine (C=N–C) groups is 1. The maximum Gasteiger partial charge on any atom is 0.191 e. The molecule has 2 N–H and O–H groups in total. The van der Waals surface area contributed by atoms with Crippen molar-refractivity contribution in [1.29, 1.82) is 0 Å². The maximum atomic E-state index is 6.06. The number of aryl methyl sites for hydroxylation is 1. The lowest BCUT2D eigenvalue weighted by atomic mass is 10.1. The van der Waals surface area contributed by atoms with Crippen LogP contribution in [0.4, 0.5) is 0 Å². The zero-order chi connectivity index (χ0) is 19.6. The standard InChI is InChI=1S/C20H36N6O2/c1-3-21-20(22-12-13-28-17-8-6-4-5-7-9-17)23-16-10-11-19-24-18(15-27-2)25-26(19)14-16/h16-17H,3-15H2,1-2H3,(H2,21,22,23). The molecule has 1 unspecified atom stereocenters. The predicted molar refractivity (Wildman–Crippen MR) is 109 cm³/mol. The number of nitrogens with zero attached hydrogens (tertiary/aromatic N) is 4. The zero-order valence-electron chi connectivity index (χ0n) is 17.5. The highest BCUT2D eigenvalue weighted by Gasteiger charge is 2.22. The Morgan fingerprint density at radius 1 is 1.21 bits per heavy atom. The van der Waals surface area contributed by atoms with Gasteiger partial charge in [0.15, 0.2) is 11.8 Å². The van der Waals surface area contributed by atoms with E-state index in [1.165, 1.54) is 38.5 Å². The van der Waals surface area contributed by atoms with E-state index in [1.807, 2.05) is 4.68 Å². The summed E-state index contributed by atoms with van der Waals surface area (Å²) in [6.45, 7) is 5.57. The van der Waals surface area contributed by atoms with Crippen molar-refractivity contribution in [3.63, 3.8) is 0 Å². The average Bonchev–Trinajstić information content (AvgIpc) is 2.90. The minimum atomic E-state index is 0.296. The van der Waals surface area contributed by atoms with Crippen LogP contribution in [0.5, 0.6) is 0 Å². The van der Waals surface area contributed by atoms with Crippen LogP contribution < -0.4 is 10.6 Å². The van der Waals surface area contributed by atoms with Crippen molar-refractivity contribution in [3.8, 4) is 0 Å². The molecule has 1 aromatic rings. The highest BCUT2D eigenvalue weighted by molar-refractivity contribution is 5.80. The Hall–Kier alpha value is -1.67. The molecule has 1 fully saturated rings. The fourth-order valence-corrected chi connectivity index (χ4v) is 3.97. The van der Waals surface area contributed by atoms with Gasteiger partial charge in [-0.05, 0) is 26.2 Å². The Morgan fingerprint density at radius 2 is 2.04 bits per heavy atom. The first-order valence-electron chi connectivity index (χ1n) is 10.9. The van der Waals surface area contributed by atoms with Crippen molar-refractivity contribution in [2.24, 2.45) is 4.99 Å². The summed E-state index contributed by atoms with van der Waals surface area (Å²) in [5, 5.41) is 11.4. The molecule has 1 saturated carbocycles. The second kappa shape index (κ2) is 11.4. The number of rotatable bonds is 8. The summed E-state index contributed by atoms with van der Waals surface area (Å²) in [7, 11) is 1.67. The van der Waals surface area contributed by atoms with Crippen LogP contribution in [0.3, 0.4) is 0 Å². The van der Waals surface area contributed by atoms with Crippen molar-refractivity contribution >= 4 is 5.96 Å². The van der Waals surface area contributed by atoms with Gasteiger partial charge in [0.1, 0.15) is 12.4 Å². The molecule has 2 heterocycles. The molecule has 0 amide bonds. The van der Waals surface area contributed by atoms with Crippen LogP contribution in [0.1, 0.15) is 63.5 Å². The minimum Gasteiger partial charge on any atom is -0.377 e. The summed E-state index contributed by atoms with van der Waals surface area (Å²) in [6, 6.07) is 0.296. The van der Waals surface area contributed by atoms with E-state index in [0.717, 1.165) is 43.5 Å². The summed E-state index contributed by atoms with van der Waals surface area (Å²) >= 11 is 0. The van der Waals surface area contributed by atoms with Crippen molar-refractivity contribution in [2.75, 3.05) is 26.8 Å². The molecule has 2 aliphatic rings. The SMILES string of the molecule is CCNC(=NCCOC1CCCCCC1)NC1CCc2nc(COC)nn2C1. The monoisotopic (exact) mass is 392 g/mol. The number of hydrogen-bond acceptors (Lipinski definition) is 5. The Balaban J connectivity index is 1.46. The van der Waals surface area contributed by atoms with Gasteiger partial charge in [-0.3, -0.25) is 4.99 Å². The molecule has 28 heavy (non-hydrogen) atoms. The lowest BCUT2D eigenvalue weighted by Crippen LogP contribution is -2.47. The van der Waals surface area contributed by atoms with Crippen LogP contribution in [-0.2, 0) is 29.0 Å². The first-order chi connectivity index (χ1) is 13.8. The molecule has 1 aliphatic carbocycles. The number of methoxy groups -OCH3 is 1. The van der Waals surface area contributed by atoms with E-state index in [9.17, 15) is 0 Å². The normalized spacial score (nSPS) is 21.2. The first kappa shape index (κ1) is 21.0. The zero-order valence-corrected chi connectivity index (χ0v) is 17.5. The van der Waals surface area contributed by atoms with E-state index in [0.29, 0.717) is 31.9 Å². The molecule has 0 saturated heterocycles. The Bertz CT molecular complexity index is 610. The predicted octanol–water partition coefficient (Wildman–Crippen LogP) is 2.03. The lowest BCUT2D eigenvalue weighted by molar-refractivity contribution is 0.0487. The molecule has 1 atom stereocenters. The summed E-state index contributed by atoms with van der Waals surface area (Å²) in [6.07, 6.45) is 10.1. The molecule has 0 aromatic carbocycles.